The highest BCUT2D eigenvalue weighted by atomic mass is 32.2. The van der Waals surface area contributed by atoms with Crippen LogP contribution in [0.3, 0.4) is 0 Å². The molecule has 0 amide bonds. The van der Waals surface area contributed by atoms with Gasteiger partial charge in [-0.15, -0.1) is 10.2 Å². The van der Waals surface area contributed by atoms with Crippen molar-refractivity contribution in [1.82, 2.24) is 24.6 Å². The number of sulfonamides is 1. The molecule has 2 aromatic heterocycles. The number of ether oxygens (including phenoxy) is 3. The highest BCUT2D eigenvalue weighted by Crippen LogP contribution is 2.39. The van der Waals surface area contributed by atoms with Gasteiger partial charge in [0.15, 0.2) is 17.8 Å². The molecular formula is C26H25FN6O6S. The maximum absolute atomic E-state index is 14.1. The molecule has 12 nitrogen and oxygen atoms in total. The number of halogens is 1. The van der Waals surface area contributed by atoms with Crippen molar-refractivity contribution in [3.8, 4) is 40.7 Å². The monoisotopic (exact) mass is 568 g/mol. The number of nitriles is 1. The zero-order valence-electron chi connectivity index (χ0n) is 22.0. The molecule has 0 aliphatic rings. The Hall–Kier alpha value is -4.58. The maximum Gasteiger partial charge on any atom is 0.233 e. The number of hydrogen-bond donors (Lipinski definition) is 1. The molecule has 0 aliphatic carbocycles. The molecule has 1 atom stereocenters. The average Bonchev–Trinajstić information content (AvgIpc) is 3.41. The quantitative estimate of drug-likeness (QED) is 0.267. The van der Waals surface area contributed by atoms with E-state index in [1.54, 1.807) is 36.4 Å². The first-order chi connectivity index (χ1) is 19.3. The van der Waals surface area contributed by atoms with Crippen LogP contribution in [0.15, 0.2) is 54.6 Å². The van der Waals surface area contributed by atoms with Crippen LogP contribution in [-0.2, 0) is 14.9 Å². The molecule has 0 bridgehead atoms. The van der Waals surface area contributed by atoms with E-state index >= 15 is 0 Å². The first-order valence-electron chi connectivity index (χ1n) is 11.8. The van der Waals surface area contributed by atoms with E-state index in [4.69, 9.17) is 19.0 Å². The number of rotatable bonds is 11. The Balaban J connectivity index is 2.07. The molecule has 0 saturated heterocycles. The summed E-state index contributed by atoms with van der Waals surface area (Å²) in [5, 5.41) is 18.5. The van der Waals surface area contributed by atoms with Crippen LogP contribution in [0.1, 0.15) is 30.0 Å². The molecule has 4 rings (SSSR count). The lowest BCUT2D eigenvalue weighted by molar-refractivity contribution is 0.0353. The summed E-state index contributed by atoms with van der Waals surface area (Å²) < 4.78 is 56.8. The van der Waals surface area contributed by atoms with Crippen LogP contribution in [0.25, 0.3) is 17.2 Å². The van der Waals surface area contributed by atoms with Gasteiger partial charge in [0.25, 0.3) is 0 Å². The smallest absolute Gasteiger partial charge is 0.233 e. The van der Waals surface area contributed by atoms with Crippen LogP contribution in [0.5, 0.6) is 17.4 Å². The van der Waals surface area contributed by atoms with Crippen molar-refractivity contribution in [2.75, 3.05) is 27.1 Å². The summed E-state index contributed by atoms with van der Waals surface area (Å²) in [7, 11) is 0.507. The lowest BCUT2D eigenvalue weighted by atomic mass is 10.0. The van der Waals surface area contributed by atoms with E-state index in [0.717, 1.165) is 12.1 Å². The summed E-state index contributed by atoms with van der Waals surface area (Å²) in [5.74, 6) is 0.222. The molecule has 0 spiro atoms. The summed E-state index contributed by atoms with van der Waals surface area (Å²) in [6, 6.07) is 15.5. The third-order valence-electron chi connectivity index (χ3n) is 5.80. The second kappa shape index (κ2) is 12.1. The highest BCUT2D eigenvalue weighted by Gasteiger charge is 2.32. The van der Waals surface area contributed by atoms with Gasteiger partial charge < -0.3 is 14.2 Å². The predicted octanol–water partition coefficient (Wildman–Crippen LogP) is 3.33. The topological polar surface area (TPSA) is 150 Å². The number of para-hydroxylation sites is 1. The number of hydrogen-bond acceptors (Lipinski definition) is 10. The Morgan fingerprint density at radius 3 is 2.35 bits per heavy atom. The molecule has 14 heteroatoms. The summed E-state index contributed by atoms with van der Waals surface area (Å²) in [6.07, 6.45) is -1.39. The van der Waals surface area contributed by atoms with Crippen LogP contribution in [0.4, 0.5) is 4.39 Å². The number of methoxy groups -OCH3 is 3. The fourth-order valence-electron chi connectivity index (χ4n) is 3.85. The minimum Gasteiger partial charge on any atom is -0.494 e. The van der Waals surface area contributed by atoms with E-state index in [-0.39, 0.29) is 28.5 Å². The van der Waals surface area contributed by atoms with Gasteiger partial charge in [0, 0.05) is 11.6 Å². The molecule has 0 fully saturated rings. The summed E-state index contributed by atoms with van der Waals surface area (Å²) in [4.78, 5) is 12.2. The van der Waals surface area contributed by atoms with Gasteiger partial charge >= 0.3 is 0 Å². The van der Waals surface area contributed by atoms with Crippen molar-refractivity contribution in [3.63, 3.8) is 0 Å². The van der Waals surface area contributed by atoms with Gasteiger partial charge in [-0.2, -0.15) is 5.26 Å². The lowest BCUT2D eigenvalue weighted by Crippen LogP contribution is -2.29. The number of aromatic nitrogens is 4. The molecule has 208 valence electrons. The molecule has 4 aromatic rings. The highest BCUT2D eigenvalue weighted by molar-refractivity contribution is 7.89. The SMILES string of the molecule is CCS(=O)(=O)NO[C@@H](c1ccc(F)cc1C#N)c1nnc(-c2cccc(OC)n2)n1-c1c(OC)cccc1OC. The van der Waals surface area contributed by atoms with Crippen molar-refractivity contribution in [3.05, 3.63) is 77.4 Å². The van der Waals surface area contributed by atoms with E-state index in [1.165, 1.54) is 38.9 Å². The van der Waals surface area contributed by atoms with E-state index in [9.17, 15) is 18.1 Å². The molecule has 0 saturated carbocycles. The average molecular weight is 569 g/mol. The number of nitrogens with one attached hydrogen (secondary N) is 1. The van der Waals surface area contributed by atoms with Crippen LogP contribution in [0, 0.1) is 17.1 Å². The third kappa shape index (κ3) is 5.71. The van der Waals surface area contributed by atoms with Gasteiger partial charge in [0.05, 0.1) is 38.7 Å². The van der Waals surface area contributed by atoms with Crippen LogP contribution in [-0.4, -0.2) is 55.2 Å². The van der Waals surface area contributed by atoms with Gasteiger partial charge in [0.1, 0.15) is 28.7 Å². The molecular weight excluding hydrogens is 543 g/mol. The van der Waals surface area contributed by atoms with Crippen molar-refractivity contribution < 1.29 is 31.9 Å². The number of nitrogens with zero attached hydrogens (tertiary/aromatic N) is 5. The van der Waals surface area contributed by atoms with Gasteiger partial charge in [-0.25, -0.2) is 17.8 Å². The molecule has 40 heavy (non-hydrogen) atoms. The van der Waals surface area contributed by atoms with E-state index in [2.05, 4.69) is 20.1 Å². The molecule has 0 unspecified atom stereocenters. The van der Waals surface area contributed by atoms with Crippen molar-refractivity contribution >= 4 is 10.0 Å². The van der Waals surface area contributed by atoms with Gasteiger partial charge in [-0.05, 0) is 37.3 Å². The van der Waals surface area contributed by atoms with E-state index < -0.39 is 21.9 Å². The van der Waals surface area contributed by atoms with E-state index in [0.29, 0.717) is 28.8 Å². The molecule has 0 radical (unpaired) electrons. The van der Waals surface area contributed by atoms with Crippen molar-refractivity contribution in [2.45, 2.75) is 13.0 Å². The van der Waals surface area contributed by atoms with Gasteiger partial charge in [-0.3, -0.25) is 9.40 Å². The standard InChI is InChI=1S/C26H25FN6O6S/c1-5-40(34,35)32-39-24(18-13-12-17(27)14-16(18)15-28)26-31-30-25(19-8-6-11-22(29-19)38-4)33(26)23-20(36-2)9-7-10-21(23)37-3/h6-14,24,32H,5H2,1-4H3/t24-/m0/s1. The zero-order valence-corrected chi connectivity index (χ0v) is 22.8. The number of pyridine rings is 1. The predicted molar refractivity (Wildman–Crippen MR) is 141 cm³/mol. The Bertz CT molecular complexity index is 1650. The Labute approximate surface area is 229 Å². The normalized spacial score (nSPS) is 12.0. The van der Waals surface area contributed by atoms with Crippen molar-refractivity contribution in [2.24, 2.45) is 0 Å². The van der Waals surface area contributed by atoms with Crippen LogP contribution >= 0.6 is 0 Å². The summed E-state index contributed by atoms with van der Waals surface area (Å²) in [6.45, 7) is 1.42. The largest absolute Gasteiger partial charge is 0.494 e. The Kier molecular flexibility index (Phi) is 8.58. The second-order valence-electron chi connectivity index (χ2n) is 8.12. The van der Waals surface area contributed by atoms with Gasteiger partial charge in [-0.1, -0.05) is 23.1 Å². The lowest BCUT2D eigenvalue weighted by Gasteiger charge is -2.22. The second-order valence-corrected chi connectivity index (χ2v) is 10.1. The first kappa shape index (κ1) is 28.4. The Morgan fingerprint density at radius 1 is 1.02 bits per heavy atom. The van der Waals surface area contributed by atoms with Crippen molar-refractivity contribution in [1.29, 1.82) is 5.26 Å². The number of benzene rings is 2. The van der Waals surface area contributed by atoms with Crippen LogP contribution in [0.2, 0.25) is 0 Å². The molecule has 2 heterocycles. The fraction of sp³-hybridized carbons (Fsp3) is 0.231. The van der Waals surface area contributed by atoms with Crippen LogP contribution < -0.4 is 19.1 Å². The van der Waals surface area contributed by atoms with E-state index in [1.807, 2.05) is 6.07 Å². The zero-order chi connectivity index (χ0) is 28.9. The minimum absolute atomic E-state index is 0.00401. The van der Waals surface area contributed by atoms with Gasteiger partial charge in [0.2, 0.25) is 15.9 Å². The Morgan fingerprint density at radius 2 is 1.73 bits per heavy atom. The molecule has 0 aliphatic heterocycles. The maximum atomic E-state index is 14.1. The summed E-state index contributed by atoms with van der Waals surface area (Å²) >= 11 is 0. The third-order valence-corrected chi connectivity index (χ3v) is 6.91. The molecule has 2 aromatic carbocycles. The summed E-state index contributed by atoms with van der Waals surface area (Å²) in [5.41, 5.74) is 0.678. The fourth-order valence-corrected chi connectivity index (χ4v) is 4.21. The molecule has 1 N–H and O–H groups in total. The minimum atomic E-state index is -3.88. The first-order valence-corrected chi connectivity index (χ1v) is 13.4.